The van der Waals surface area contributed by atoms with Crippen molar-refractivity contribution in [1.29, 1.82) is 0 Å². The summed E-state index contributed by atoms with van der Waals surface area (Å²) in [4.78, 5) is 4.79. The number of piperazine rings is 1. The highest BCUT2D eigenvalue weighted by Gasteiger charge is 2.20. The number of aliphatic hydroxyl groups excluding tert-OH is 1. The van der Waals surface area contributed by atoms with Crippen LogP contribution in [0.4, 0.5) is 5.69 Å². The van der Waals surface area contributed by atoms with E-state index >= 15 is 0 Å². The third-order valence-corrected chi connectivity index (χ3v) is 4.75. The van der Waals surface area contributed by atoms with Gasteiger partial charge in [-0.15, -0.1) is 0 Å². The van der Waals surface area contributed by atoms with E-state index in [2.05, 4.69) is 34.2 Å². The van der Waals surface area contributed by atoms with E-state index in [0.717, 1.165) is 82.3 Å². The van der Waals surface area contributed by atoms with E-state index in [1.807, 2.05) is 6.07 Å². The summed E-state index contributed by atoms with van der Waals surface area (Å²) in [6.45, 7) is 10.1. The minimum Gasteiger partial charge on any atom is -0.490 e. The van der Waals surface area contributed by atoms with Crippen molar-refractivity contribution in [3.63, 3.8) is 0 Å². The third-order valence-electron chi connectivity index (χ3n) is 4.75. The molecular weight excluding hydrogens is 290 g/mol. The minimum absolute atomic E-state index is 0.416. The summed E-state index contributed by atoms with van der Waals surface area (Å²) >= 11 is 0. The summed E-state index contributed by atoms with van der Waals surface area (Å²) in [5.41, 5.74) is 2.13. The van der Waals surface area contributed by atoms with Crippen molar-refractivity contribution in [1.82, 2.24) is 10.2 Å². The van der Waals surface area contributed by atoms with Crippen molar-refractivity contribution in [2.24, 2.45) is 0 Å². The zero-order valence-electron chi connectivity index (χ0n) is 14.1. The maximum atomic E-state index is 10.5. The molecule has 1 aromatic rings. The fourth-order valence-corrected chi connectivity index (χ4v) is 3.41. The standard InChI is InChI=1S/C18H29N3O2/c1-2-8-21-12-13-23-18-14-15(3-4-16(18)21)17(22)5-9-20-10-6-19-7-11-20/h3-4,14,17,19,22H,2,5-13H2,1H3. The second-order valence-corrected chi connectivity index (χ2v) is 6.46. The Morgan fingerprint density at radius 1 is 1.22 bits per heavy atom. The molecule has 128 valence electrons. The van der Waals surface area contributed by atoms with E-state index in [-0.39, 0.29) is 0 Å². The second-order valence-electron chi connectivity index (χ2n) is 6.46. The summed E-state index contributed by atoms with van der Waals surface area (Å²) in [7, 11) is 0. The van der Waals surface area contributed by atoms with Crippen LogP contribution < -0.4 is 15.0 Å². The molecule has 1 unspecified atom stereocenters. The number of anilines is 1. The lowest BCUT2D eigenvalue weighted by Crippen LogP contribution is -2.44. The minimum atomic E-state index is -0.416. The van der Waals surface area contributed by atoms with Gasteiger partial charge in [-0.3, -0.25) is 0 Å². The highest BCUT2D eigenvalue weighted by atomic mass is 16.5. The van der Waals surface area contributed by atoms with E-state index in [1.54, 1.807) is 0 Å². The summed E-state index contributed by atoms with van der Waals surface area (Å²) < 4.78 is 5.81. The maximum absolute atomic E-state index is 10.5. The normalized spacial score (nSPS) is 20.0. The Balaban J connectivity index is 1.61. The van der Waals surface area contributed by atoms with Crippen LogP contribution in [0.2, 0.25) is 0 Å². The molecule has 1 aromatic carbocycles. The number of hydrogen-bond acceptors (Lipinski definition) is 5. The van der Waals surface area contributed by atoms with Crippen LogP contribution in [0.1, 0.15) is 31.4 Å². The molecule has 1 saturated heterocycles. The molecule has 1 atom stereocenters. The molecular formula is C18H29N3O2. The fourth-order valence-electron chi connectivity index (χ4n) is 3.41. The Morgan fingerprint density at radius 3 is 2.83 bits per heavy atom. The summed E-state index contributed by atoms with van der Waals surface area (Å²) in [6.07, 6.45) is 1.49. The van der Waals surface area contributed by atoms with Gasteiger partial charge in [0.1, 0.15) is 12.4 Å². The third kappa shape index (κ3) is 4.16. The lowest BCUT2D eigenvalue weighted by Gasteiger charge is -2.32. The monoisotopic (exact) mass is 319 g/mol. The molecule has 23 heavy (non-hydrogen) atoms. The Morgan fingerprint density at radius 2 is 2.04 bits per heavy atom. The SMILES string of the molecule is CCCN1CCOc2cc(C(O)CCN3CCNCC3)ccc21. The average molecular weight is 319 g/mol. The van der Waals surface area contributed by atoms with Gasteiger partial charge in [-0.05, 0) is 30.5 Å². The number of fused-ring (bicyclic) bond motifs is 1. The maximum Gasteiger partial charge on any atom is 0.143 e. The molecule has 2 aliphatic heterocycles. The molecule has 5 heteroatoms. The van der Waals surface area contributed by atoms with Gasteiger partial charge in [-0.2, -0.15) is 0 Å². The molecule has 0 aromatic heterocycles. The smallest absolute Gasteiger partial charge is 0.143 e. The Bertz CT molecular complexity index is 503. The Hall–Kier alpha value is -1.30. The topological polar surface area (TPSA) is 48.0 Å². The molecule has 0 spiro atoms. The Labute approximate surface area is 139 Å². The van der Waals surface area contributed by atoms with E-state index in [0.29, 0.717) is 0 Å². The van der Waals surface area contributed by atoms with Gasteiger partial charge >= 0.3 is 0 Å². The van der Waals surface area contributed by atoms with Crippen molar-refractivity contribution in [2.75, 3.05) is 57.3 Å². The summed E-state index contributed by atoms with van der Waals surface area (Å²) in [6, 6.07) is 6.19. The molecule has 0 amide bonds. The number of aliphatic hydroxyl groups is 1. The van der Waals surface area contributed by atoms with Gasteiger partial charge in [0, 0.05) is 39.3 Å². The number of nitrogens with one attached hydrogen (secondary N) is 1. The predicted octanol–water partition coefficient (Wildman–Crippen LogP) is 1.62. The van der Waals surface area contributed by atoms with Gasteiger partial charge in [-0.25, -0.2) is 0 Å². The first-order valence-electron chi connectivity index (χ1n) is 8.90. The van der Waals surface area contributed by atoms with Gasteiger partial charge in [0.2, 0.25) is 0 Å². The average Bonchev–Trinajstić information content (AvgIpc) is 2.60. The van der Waals surface area contributed by atoms with E-state index < -0.39 is 6.10 Å². The van der Waals surface area contributed by atoms with Gasteiger partial charge < -0.3 is 25.0 Å². The molecule has 2 N–H and O–H groups in total. The van der Waals surface area contributed by atoms with Gasteiger partial charge in [0.15, 0.2) is 0 Å². The second kappa shape index (κ2) is 7.99. The summed E-state index contributed by atoms with van der Waals surface area (Å²) in [5.74, 6) is 0.920. The molecule has 5 nitrogen and oxygen atoms in total. The highest BCUT2D eigenvalue weighted by Crippen LogP contribution is 2.34. The largest absolute Gasteiger partial charge is 0.490 e. The lowest BCUT2D eigenvalue weighted by molar-refractivity contribution is 0.136. The van der Waals surface area contributed by atoms with Crippen molar-refractivity contribution >= 4 is 5.69 Å². The number of benzene rings is 1. The van der Waals surface area contributed by atoms with Crippen molar-refractivity contribution in [2.45, 2.75) is 25.9 Å². The number of ether oxygens (including phenoxy) is 1. The van der Waals surface area contributed by atoms with Crippen LogP contribution in [-0.2, 0) is 0 Å². The summed E-state index contributed by atoms with van der Waals surface area (Å²) in [5, 5.41) is 13.9. The zero-order chi connectivity index (χ0) is 16.1. The molecule has 2 heterocycles. The molecule has 0 bridgehead atoms. The molecule has 2 aliphatic rings. The lowest BCUT2D eigenvalue weighted by atomic mass is 10.0. The van der Waals surface area contributed by atoms with Gasteiger partial charge in [0.25, 0.3) is 0 Å². The van der Waals surface area contributed by atoms with Crippen LogP contribution in [0.25, 0.3) is 0 Å². The van der Waals surface area contributed by atoms with E-state index in [4.69, 9.17) is 4.74 Å². The highest BCUT2D eigenvalue weighted by molar-refractivity contribution is 5.61. The number of nitrogens with zero attached hydrogens (tertiary/aromatic N) is 2. The van der Waals surface area contributed by atoms with E-state index in [9.17, 15) is 5.11 Å². The first-order valence-corrected chi connectivity index (χ1v) is 8.90. The molecule has 0 radical (unpaired) electrons. The number of rotatable bonds is 6. The molecule has 0 saturated carbocycles. The van der Waals surface area contributed by atoms with Gasteiger partial charge in [0.05, 0.1) is 18.3 Å². The predicted molar refractivity (Wildman–Crippen MR) is 93.3 cm³/mol. The zero-order valence-corrected chi connectivity index (χ0v) is 14.1. The van der Waals surface area contributed by atoms with Crippen LogP contribution in [0.5, 0.6) is 5.75 Å². The number of hydrogen-bond donors (Lipinski definition) is 2. The van der Waals surface area contributed by atoms with Crippen molar-refractivity contribution in [3.8, 4) is 5.75 Å². The fraction of sp³-hybridized carbons (Fsp3) is 0.667. The van der Waals surface area contributed by atoms with Gasteiger partial charge in [-0.1, -0.05) is 13.0 Å². The molecule has 0 aliphatic carbocycles. The van der Waals surface area contributed by atoms with Crippen LogP contribution in [0.15, 0.2) is 18.2 Å². The van der Waals surface area contributed by atoms with Crippen LogP contribution >= 0.6 is 0 Å². The van der Waals surface area contributed by atoms with Crippen LogP contribution in [0, 0.1) is 0 Å². The van der Waals surface area contributed by atoms with Crippen LogP contribution in [-0.4, -0.2) is 62.4 Å². The first-order chi connectivity index (χ1) is 11.3. The van der Waals surface area contributed by atoms with Crippen molar-refractivity contribution in [3.05, 3.63) is 23.8 Å². The van der Waals surface area contributed by atoms with E-state index in [1.165, 1.54) is 0 Å². The quantitative estimate of drug-likeness (QED) is 0.834. The van der Waals surface area contributed by atoms with Crippen LogP contribution in [0.3, 0.4) is 0 Å². The molecule has 1 fully saturated rings. The first kappa shape index (κ1) is 16.6. The molecule has 3 rings (SSSR count). The van der Waals surface area contributed by atoms with Crippen molar-refractivity contribution < 1.29 is 9.84 Å². The Kier molecular flexibility index (Phi) is 5.75.